The Labute approximate surface area is 94.5 Å². The molecule has 0 aromatic heterocycles. The van der Waals surface area contributed by atoms with Gasteiger partial charge in [0.05, 0.1) is 11.5 Å². The first-order valence-corrected chi connectivity index (χ1v) is 6.20. The molecule has 1 aromatic carbocycles. The van der Waals surface area contributed by atoms with Gasteiger partial charge in [0, 0.05) is 13.7 Å². The summed E-state index contributed by atoms with van der Waals surface area (Å²) in [7, 11) is -2.18. The van der Waals surface area contributed by atoms with Crippen molar-refractivity contribution >= 4 is 10.0 Å². The predicted octanol–water partition coefficient (Wildman–Crippen LogP) is 1.06. The van der Waals surface area contributed by atoms with E-state index in [-0.39, 0.29) is 18.0 Å². The fraction of sp³-hybridized carbons (Fsp3) is 0.400. The molecule has 1 N–H and O–H groups in total. The maximum atomic E-state index is 12.9. The first kappa shape index (κ1) is 13.1. The zero-order valence-corrected chi connectivity index (χ0v) is 9.97. The summed E-state index contributed by atoms with van der Waals surface area (Å²) in [6.07, 6.45) is 0. The van der Waals surface area contributed by atoms with Crippen molar-refractivity contribution in [2.45, 2.75) is 11.8 Å². The molecule has 0 aliphatic carbocycles. The molecule has 90 valence electrons. The molecule has 0 saturated carbocycles. The van der Waals surface area contributed by atoms with E-state index in [1.807, 2.05) is 0 Å². The summed E-state index contributed by atoms with van der Waals surface area (Å²) in [5.41, 5.74) is 0.506. The molecular formula is C10H14FNO3S. The quantitative estimate of drug-likeness (QED) is 0.791. The fourth-order valence-electron chi connectivity index (χ4n) is 1.22. The molecule has 0 radical (unpaired) electrons. The van der Waals surface area contributed by atoms with E-state index in [2.05, 4.69) is 4.72 Å². The summed E-state index contributed by atoms with van der Waals surface area (Å²) >= 11 is 0. The number of methoxy groups -OCH3 is 1. The molecule has 0 aliphatic rings. The monoisotopic (exact) mass is 247 g/mol. The molecule has 1 aromatic rings. The van der Waals surface area contributed by atoms with Crippen LogP contribution in [0, 0.1) is 12.7 Å². The summed E-state index contributed by atoms with van der Waals surface area (Å²) in [5.74, 6) is -0.572. The molecule has 16 heavy (non-hydrogen) atoms. The van der Waals surface area contributed by atoms with Gasteiger partial charge in [0.15, 0.2) is 0 Å². The third-order valence-corrected chi connectivity index (χ3v) is 3.64. The van der Waals surface area contributed by atoms with E-state index in [9.17, 15) is 12.8 Å². The Bertz CT molecular complexity index is 459. The highest BCUT2D eigenvalue weighted by atomic mass is 32.2. The normalized spacial score (nSPS) is 11.7. The van der Waals surface area contributed by atoms with E-state index in [4.69, 9.17) is 4.74 Å². The van der Waals surface area contributed by atoms with Gasteiger partial charge >= 0.3 is 0 Å². The number of nitrogens with one attached hydrogen (secondary N) is 1. The van der Waals surface area contributed by atoms with Gasteiger partial charge in [-0.15, -0.1) is 0 Å². The molecule has 0 amide bonds. The van der Waals surface area contributed by atoms with Crippen LogP contribution in [0.25, 0.3) is 0 Å². The zero-order valence-electron chi connectivity index (χ0n) is 9.16. The average Bonchev–Trinajstić information content (AvgIpc) is 2.22. The van der Waals surface area contributed by atoms with Crippen molar-refractivity contribution in [3.05, 3.63) is 29.6 Å². The van der Waals surface area contributed by atoms with E-state index >= 15 is 0 Å². The largest absolute Gasteiger partial charge is 0.383 e. The molecular weight excluding hydrogens is 233 g/mol. The van der Waals surface area contributed by atoms with Crippen LogP contribution in [0.3, 0.4) is 0 Å². The number of benzene rings is 1. The SMILES string of the molecule is COCCNS(=O)(=O)c1cc(F)ccc1C. The van der Waals surface area contributed by atoms with E-state index in [0.717, 1.165) is 6.07 Å². The van der Waals surface area contributed by atoms with Crippen LogP contribution in [0.2, 0.25) is 0 Å². The van der Waals surface area contributed by atoms with Gasteiger partial charge in [-0.3, -0.25) is 0 Å². The minimum Gasteiger partial charge on any atom is -0.383 e. The van der Waals surface area contributed by atoms with Crippen LogP contribution in [0.5, 0.6) is 0 Å². The third kappa shape index (κ3) is 3.26. The molecule has 1 rings (SSSR count). The number of halogens is 1. The molecule has 0 aliphatic heterocycles. The average molecular weight is 247 g/mol. The number of aryl methyl sites for hydroxylation is 1. The summed E-state index contributed by atoms with van der Waals surface area (Å²) in [6, 6.07) is 3.66. The van der Waals surface area contributed by atoms with Gasteiger partial charge in [0.1, 0.15) is 5.82 Å². The van der Waals surface area contributed by atoms with Crippen LogP contribution in [-0.4, -0.2) is 28.7 Å². The highest BCUT2D eigenvalue weighted by molar-refractivity contribution is 7.89. The third-order valence-electron chi connectivity index (χ3n) is 2.04. The number of rotatable bonds is 5. The maximum absolute atomic E-state index is 12.9. The van der Waals surface area contributed by atoms with Crippen LogP contribution in [0.4, 0.5) is 4.39 Å². The van der Waals surface area contributed by atoms with Crippen LogP contribution >= 0.6 is 0 Å². The number of ether oxygens (including phenoxy) is 1. The molecule has 0 fully saturated rings. The van der Waals surface area contributed by atoms with Gasteiger partial charge in [-0.25, -0.2) is 17.5 Å². The molecule has 0 spiro atoms. The van der Waals surface area contributed by atoms with Gasteiger partial charge in [-0.1, -0.05) is 6.07 Å². The van der Waals surface area contributed by atoms with Crippen molar-refractivity contribution in [1.29, 1.82) is 0 Å². The van der Waals surface area contributed by atoms with E-state index in [1.54, 1.807) is 6.92 Å². The topological polar surface area (TPSA) is 55.4 Å². The van der Waals surface area contributed by atoms with E-state index < -0.39 is 15.8 Å². The lowest BCUT2D eigenvalue weighted by atomic mass is 10.2. The van der Waals surface area contributed by atoms with Gasteiger partial charge in [-0.2, -0.15) is 0 Å². The molecule has 0 heterocycles. The van der Waals surface area contributed by atoms with Gasteiger partial charge in [-0.05, 0) is 24.6 Å². The molecule has 0 saturated heterocycles. The Kier molecular flexibility index (Phi) is 4.40. The standard InChI is InChI=1S/C10H14FNO3S/c1-8-3-4-9(11)7-10(8)16(13,14)12-5-6-15-2/h3-4,7,12H,5-6H2,1-2H3. The number of hydrogen-bond donors (Lipinski definition) is 1. The van der Waals surface area contributed by atoms with E-state index in [1.165, 1.54) is 19.2 Å². The predicted molar refractivity (Wildman–Crippen MR) is 58.2 cm³/mol. The highest BCUT2D eigenvalue weighted by Crippen LogP contribution is 2.15. The Balaban J connectivity index is 2.93. The maximum Gasteiger partial charge on any atom is 0.241 e. The Morgan fingerprint density at radius 2 is 2.12 bits per heavy atom. The van der Waals surface area contributed by atoms with Crippen molar-refractivity contribution in [3.63, 3.8) is 0 Å². The number of sulfonamides is 1. The van der Waals surface area contributed by atoms with Crippen molar-refractivity contribution in [1.82, 2.24) is 4.72 Å². The highest BCUT2D eigenvalue weighted by Gasteiger charge is 2.16. The second-order valence-electron chi connectivity index (χ2n) is 3.30. The van der Waals surface area contributed by atoms with Crippen molar-refractivity contribution in [2.75, 3.05) is 20.3 Å². The zero-order chi connectivity index (χ0) is 12.2. The van der Waals surface area contributed by atoms with Gasteiger partial charge in [0.25, 0.3) is 0 Å². The van der Waals surface area contributed by atoms with Crippen molar-refractivity contribution in [3.8, 4) is 0 Å². The lowest BCUT2D eigenvalue weighted by Gasteiger charge is -2.08. The Morgan fingerprint density at radius 1 is 1.44 bits per heavy atom. The Morgan fingerprint density at radius 3 is 2.75 bits per heavy atom. The van der Waals surface area contributed by atoms with Crippen LogP contribution in [-0.2, 0) is 14.8 Å². The van der Waals surface area contributed by atoms with E-state index in [0.29, 0.717) is 5.56 Å². The number of hydrogen-bond acceptors (Lipinski definition) is 3. The second-order valence-corrected chi connectivity index (χ2v) is 5.04. The lowest BCUT2D eigenvalue weighted by molar-refractivity contribution is 0.204. The van der Waals surface area contributed by atoms with Crippen LogP contribution in [0.1, 0.15) is 5.56 Å². The molecule has 6 heteroatoms. The van der Waals surface area contributed by atoms with Crippen LogP contribution < -0.4 is 4.72 Å². The minimum absolute atomic E-state index is 0.0383. The molecule has 0 bridgehead atoms. The summed E-state index contributed by atoms with van der Waals surface area (Å²) < 4.78 is 43.5. The van der Waals surface area contributed by atoms with Gasteiger partial charge in [0.2, 0.25) is 10.0 Å². The molecule has 4 nitrogen and oxygen atoms in total. The van der Waals surface area contributed by atoms with Crippen LogP contribution in [0.15, 0.2) is 23.1 Å². The first-order valence-electron chi connectivity index (χ1n) is 4.72. The van der Waals surface area contributed by atoms with Crippen molar-refractivity contribution < 1.29 is 17.5 Å². The minimum atomic E-state index is -3.66. The summed E-state index contributed by atoms with van der Waals surface area (Å²) in [6.45, 7) is 2.05. The first-order chi connectivity index (χ1) is 7.47. The fourth-order valence-corrected chi connectivity index (χ4v) is 2.49. The summed E-state index contributed by atoms with van der Waals surface area (Å²) in [4.78, 5) is -0.0383. The smallest absolute Gasteiger partial charge is 0.241 e. The Hall–Kier alpha value is -0.980. The summed E-state index contributed by atoms with van der Waals surface area (Å²) in [5, 5.41) is 0. The van der Waals surface area contributed by atoms with Gasteiger partial charge < -0.3 is 4.74 Å². The molecule has 0 unspecified atom stereocenters. The lowest BCUT2D eigenvalue weighted by Crippen LogP contribution is -2.27. The second kappa shape index (κ2) is 5.38. The van der Waals surface area contributed by atoms with Crippen molar-refractivity contribution in [2.24, 2.45) is 0 Å². The molecule has 0 atom stereocenters.